The van der Waals surface area contributed by atoms with Gasteiger partial charge in [0.05, 0.1) is 5.56 Å². The van der Waals surface area contributed by atoms with Crippen LogP contribution in [-0.4, -0.2) is 43.2 Å². The molecule has 0 spiro atoms. The fraction of sp³-hybridized carbons (Fsp3) is 0.533. The molecule has 0 radical (unpaired) electrons. The van der Waals surface area contributed by atoms with Crippen molar-refractivity contribution in [3.63, 3.8) is 0 Å². The molecule has 1 saturated heterocycles. The SMILES string of the molecule is CC(C)NC(=O)N1CCN(c2ccc(Cl)cc2C(F)(F)F)CC1. The zero-order valence-corrected chi connectivity index (χ0v) is 13.7. The zero-order valence-electron chi connectivity index (χ0n) is 13.0. The second kappa shape index (κ2) is 6.86. The van der Waals surface area contributed by atoms with Crippen molar-refractivity contribution < 1.29 is 18.0 Å². The Morgan fingerprint density at radius 2 is 1.83 bits per heavy atom. The molecule has 0 aromatic heterocycles. The summed E-state index contributed by atoms with van der Waals surface area (Å²) in [5.41, 5.74) is -0.643. The van der Waals surface area contributed by atoms with Gasteiger partial charge >= 0.3 is 12.2 Å². The summed E-state index contributed by atoms with van der Waals surface area (Å²) in [7, 11) is 0. The molecule has 1 heterocycles. The molecule has 23 heavy (non-hydrogen) atoms. The van der Waals surface area contributed by atoms with Crippen molar-refractivity contribution in [3.05, 3.63) is 28.8 Å². The lowest BCUT2D eigenvalue weighted by Gasteiger charge is -2.37. The van der Waals surface area contributed by atoms with Gasteiger partial charge < -0.3 is 15.1 Å². The highest BCUT2D eigenvalue weighted by atomic mass is 35.5. The molecule has 2 amide bonds. The van der Waals surface area contributed by atoms with Crippen LogP contribution in [0.15, 0.2) is 18.2 Å². The number of rotatable bonds is 2. The highest BCUT2D eigenvalue weighted by Gasteiger charge is 2.36. The van der Waals surface area contributed by atoms with Gasteiger partial charge in [0.25, 0.3) is 0 Å². The monoisotopic (exact) mass is 349 g/mol. The molecule has 1 aromatic carbocycles. The Morgan fingerprint density at radius 1 is 1.22 bits per heavy atom. The minimum absolute atomic E-state index is 0.0219. The smallest absolute Gasteiger partial charge is 0.367 e. The molecule has 1 aromatic rings. The van der Waals surface area contributed by atoms with Crippen molar-refractivity contribution in [2.45, 2.75) is 26.1 Å². The zero-order chi connectivity index (χ0) is 17.2. The molecule has 128 valence electrons. The largest absolute Gasteiger partial charge is 0.418 e. The van der Waals surface area contributed by atoms with E-state index in [0.29, 0.717) is 26.2 Å². The van der Waals surface area contributed by atoms with Crippen LogP contribution in [0, 0.1) is 0 Å². The van der Waals surface area contributed by atoms with E-state index in [2.05, 4.69) is 5.32 Å². The van der Waals surface area contributed by atoms with Gasteiger partial charge in [0.2, 0.25) is 0 Å². The minimum Gasteiger partial charge on any atom is -0.367 e. The second-order valence-corrected chi connectivity index (χ2v) is 6.17. The van der Waals surface area contributed by atoms with Crippen molar-refractivity contribution in [2.75, 3.05) is 31.1 Å². The molecule has 0 bridgehead atoms. The summed E-state index contributed by atoms with van der Waals surface area (Å²) >= 11 is 5.70. The lowest BCUT2D eigenvalue weighted by atomic mass is 10.1. The minimum atomic E-state index is -4.47. The summed E-state index contributed by atoms with van der Waals surface area (Å²) in [6, 6.07) is 3.61. The first-order chi connectivity index (χ1) is 10.7. The van der Waals surface area contributed by atoms with E-state index < -0.39 is 11.7 Å². The number of carbonyl (C=O) groups excluding carboxylic acids is 1. The van der Waals surface area contributed by atoms with Crippen LogP contribution in [0.4, 0.5) is 23.7 Å². The van der Waals surface area contributed by atoms with Crippen LogP contribution < -0.4 is 10.2 Å². The summed E-state index contributed by atoms with van der Waals surface area (Å²) in [5.74, 6) is 0. The molecule has 0 atom stereocenters. The fourth-order valence-electron chi connectivity index (χ4n) is 2.50. The number of urea groups is 1. The molecular formula is C15H19ClF3N3O. The van der Waals surface area contributed by atoms with Gasteiger partial charge in [0.15, 0.2) is 0 Å². The van der Waals surface area contributed by atoms with E-state index in [9.17, 15) is 18.0 Å². The Balaban J connectivity index is 2.10. The number of alkyl halides is 3. The topological polar surface area (TPSA) is 35.6 Å². The van der Waals surface area contributed by atoms with Gasteiger partial charge in [-0.3, -0.25) is 0 Å². The Morgan fingerprint density at radius 3 is 2.35 bits per heavy atom. The summed E-state index contributed by atoms with van der Waals surface area (Å²) in [5, 5.41) is 2.83. The molecular weight excluding hydrogens is 331 g/mol. The first-order valence-electron chi connectivity index (χ1n) is 7.35. The Hall–Kier alpha value is -1.63. The summed E-state index contributed by atoms with van der Waals surface area (Å²) in [6.07, 6.45) is -4.47. The predicted octanol–water partition coefficient (Wildman–Crippen LogP) is 3.60. The first-order valence-corrected chi connectivity index (χ1v) is 7.73. The number of carbonyl (C=O) groups is 1. The molecule has 0 aliphatic carbocycles. The summed E-state index contributed by atoms with van der Waals surface area (Å²) in [4.78, 5) is 15.2. The van der Waals surface area contributed by atoms with E-state index in [1.807, 2.05) is 13.8 Å². The molecule has 0 saturated carbocycles. The molecule has 0 unspecified atom stereocenters. The van der Waals surface area contributed by atoms with Crippen LogP contribution in [0.5, 0.6) is 0 Å². The fourth-order valence-corrected chi connectivity index (χ4v) is 2.67. The predicted molar refractivity (Wildman–Crippen MR) is 83.9 cm³/mol. The lowest BCUT2D eigenvalue weighted by Crippen LogP contribution is -2.53. The average Bonchev–Trinajstić information content (AvgIpc) is 2.46. The third-order valence-corrected chi connectivity index (χ3v) is 3.82. The summed E-state index contributed by atoms with van der Waals surface area (Å²) < 4.78 is 39.5. The van der Waals surface area contributed by atoms with E-state index in [-0.39, 0.29) is 22.8 Å². The van der Waals surface area contributed by atoms with Gasteiger partial charge in [-0.15, -0.1) is 0 Å². The Kier molecular flexibility index (Phi) is 5.29. The van der Waals surface area contributed by atoms with E-state index in [1.165, 1.54) is 12.1 Å². The van der Waals surface area contributed by atoms with Crippen LogP contribution in [0.1, 0.15) is 19.4 Å². The molecule has 1 aliphatic rings. The Labute approximate surface area is 138 Å². The number of hydrogen-bond donors (Lipinski definition) is 1. The quantitative estimate of drug-likeness (QED) is 0.885. The molecule has 1 N–H and O–H groups in total. The average molecular weight is 350 g/mol. The van der Waals surface area contributed by atoms with Gasteiger partial charge in [0.1, 0.15) is 0 Å². The number of halogens is 4. The van der Waals surface area contributed by atoms with Crippen LogP contribution >= 0.6 is 11.6 Å². The van der Waals surface area contributed by atoms with E-state index >= 15 is 0 Å². The normalized spacial score (nSPS) is 16.0. The van der Waals surface area contributed by atoms with Crippen molar-refractivity contribution >= 4 is 23.3 Å². The summed E-state index contributed by atoms with van der Waals surface area (Å²) in [6.45, 7) is 5.15. The van der Waals surface area contributed by atoms with Crippen LogP contribution in [0.25, 0.3) is 0 Å². The number of anilines is 1. The Bertz CT molecular complexity index is 570. The first kappa shape index (κ1) is 17.7. The number of piperazine rings is 1. The van der Waals surface area contributed by atoms with Crippen LogP contribution in [0.2, 0.25) is 5.02 Å². The van der Waals surface area contributed by atoms with Crippen molar-refractivity contribution in [1.82, 2.24) is 10.2 Å². The van der Waals surface area contributed by atoms with Gasteiger partial charge in [0, 0.05) is 42.9 Å². The van der Waals surface area contributed by atoms with Gasteiger partial charge in [-0.1, -0.05) is 11.6 Å². The van der Waals surface area contributed by atoms with Crippen molar-refractivity contribution in [1.29, 1.82) is 0 Å². The number of benzene rings is 1. The third-order valence-electron chi connectivity index (χ3n) is 3.58. The molecule has 2 rings (SSSR count). The van der Waals surface area contributed by atoms with Gasteiger partial charge in [-0.25, -0.2) is 4.79 Å². The standard InChI is InChI=1S/C15H19ClF3N3O/c1-10(2)20-14(23)22-7-5-21(6-8-22)13-4-3-11(16)9-12(13)15(17,18)19/h3-4,9-10H,5-8H2,1-2H3,(H,20,23). The van der Waals surface area contributed by atoms with E-state index in [1.54, 1.807) is 9.80 Å². The molecule has 4 nitrogen and oxygen atoms in total. The maximum Gasteiger partial charge on any atom is 0.418 e. The molecule has 8 heteroatoms. The maximum atomic E-state index is 13.2. The molecule has 1 aliphatic heterocycles. The van der Waals surface area contributed by atoms with Crippen molar-refractivity contribution in [2.24, 2.45) is 0 Å². The van der Waals surface area contributed by atoms with Crippen molar-refractivity contribution in [3.8, 4) is 0 Å². The number of hydrogen-bond acceptors (Lipinski definition) is 2. The van der Waals surface area contributed by atoms with Gasteiger partial charge in [-0.2, -0.15) is 13.2 Å². The number of nitrogens with zero attached hydrogens (tertiary/aromatic N) is 2. The lowest BCUT2D eigenvalue weighted by molar-refractivity contribution is -0.137. The maximum absolute atomic E-state index is 13.2. The van der Waals surface area contributed by atoms with Gasteiger partial charge in [-0.05, 0) is 32.0 Å². The van der Waals surface area contributed by atoms with Crippen LogP contribution in [0.3, 0.4) is 0 Å². The van der Waals surface area contributed by atoms with E-state index in [4.69, 9.17) is 11.6 Å². The highest BCUT2D eigenvalue weighted by Crippen LogP contribution is 2.38. The second-order valence-electron chi connectivity index (χ2n) is 5.74. The molecule has 1 fully saturated rings. The number of amides is 2. The van der Waals surface area contributed by atoms with Crippen LogP contribution in [-0.2, 0) is 6.18 Å². The third kappa shape index (κ3) is 4.43. The number of nitrogens with one attached hydrogen (secondary N) is 1. The highest BCUT2D eigenvalue weighted by molar-refractivity contribution is 6.30. The van der Waals surface area contributed by atoms with E-state index in [0.717, 1.165) is 6.07 Å².